The van der Waals surface area contributed by atoms with Gasteiger partial charge in [0.2, 0.25) is 0 Å². The van der Waals surface area contributed by atoms with Crippen molar-refractivity contribution in [2.75, 3.05) is 7.11 Å². The third-order valence-corrected chi connectivity index (χ3v) is 2.99. The van der Waals surface area contributed by atoms with E-state index >= 15 is 0 Å². The monoisotopic (exact) mass is 270 g/mol. The molecule has 0 radical (unpaired) electrons. The van der Waals surface area contributed by atoms with Crippen LogP contribution in [0.2, 0.25) is 0 Å². The van der Waals surface area contributed by atoms with Gasteiger partial charge in [0.15, 0.2) is 6.10 Å². The quantitative estimate of drug-likeness (QED) is 0.927. The van der Waals surface area contributed by atoms with Crippen LogP contribution in [0.3, 0.4) is 0 Å². The third kappa shape index (κ3) is 2.81. The molecule has 0 aliphatic heterocycles. The van der Waals surface area contributed by atoms with Gasteiger partial charge >= 0.3 is 6.18 Å². The Balaban J connectivity index is 2.50. The van der Waals surface area contributed by atoms with Crippen molar-refractivity contribution in [3.05, 3.63) is 42.0 Å². The standard InChI is InChI=1S/C14H13F3O2/c1-19-12-7-6-9-4-2-3-5-10(9)11(12)8-13(18)14(15,16)17/h2-7,13,18H,8H2,1H3. The van der Waals surface area contributed by atoms with Crippen LogP contribution in [0, 0.1) is 0 Å². The van der Waals surface area contributed by atoms with E-state index in [-0.39, 0.29) is 0 Å². The highest BCUT2D eigenvalue weighted by Gasteiger charge is 2.38. The Labute approximate surface area is 108 Å². The first kappa shape index (κ1) is 13.7. The van der Waals surface area contributed by atoms with Crippen molar-refractivity contribution in [1.29, 1.82) is 0 Å². The minimum atomic E-state index is -4.64. The Kier molecular flexibility index (Phi) is 3.66. The molecule has 0 fully saturated rings. The van der Waals surface area contributed by atoms with Crippen LogP contribution in [0.15, 0.2) is 36.4 Å². The fourth-order valence-electron chi connectivity index (χ4n) is 2.03. The van der Waals surface area contributed by atoms with Crippen molar-refractivity contribution in [3.63, 3.8) is 0 Å². The molecule has 0 bridgehead atoms. The van der Waals surface area contributed by atoms with Crippen molar-refractivity contribution in [2.45, 2.75) is 18.7 Å². The molecule has 0 saturated carbocycles. The second-order valence-corrected chi connectivity index (χ2v) is 4.23. The maximum absolute atomic E-state index is 12.5. The number of aliphatic hydroxyl groups excluding tert-OH is 1. The van der Waals surface area contributed by atoms with Gasteiger partial charge in [-0.1, -0.05) is 30.3 Å². The number of methoxy groups -OCH3 is 1. The number of hydrogen-bond acceptors (Lipinski definition) is 2. The number of rotatable bonds is 3. The maximum atomic E-state index is 12.5. The first-order chi connectivity index (χ1) is 8.93. The second kappa shape index (κ2) is 5.09. The van der Waals surface area contributed by atoms with Crippen LogP contribution >= 0.6 is 0 Å². The van der Waals surface area contributed by atoms with Crippen LogP contribution in [0.4, 0.5) is 13.2 Å². The number of ether oxygens (including phenoxy) is 1. The number of fused-ring (bicyclic) bond motifs is 1. The molecular formula is C14H13F3O2. The summed E-state index contributed by atoms with van der Waals surface area (Å²) in [4.78, 5) is 0. The van der Waals surface area contributed by atoms with Crippen molar-refractivity contribution in [3.8, 4) is 5.75 Å². The first-order valence-electron chi connectivity index (χ1n) is 5.73. The van der Waals surface area contributed by atoms with E-state index in [2.05, 4.69) is 0 Å². The van der Waals surface area contributed by atoms with Gasteiger partial charge in [-0.25, -0.2) is 0 Å². The van der Waals surface area contributed by atoms with E-state index < -0.39 is 18.7 Å². The van der Waals surface area contributed by atoms with Crippen LogP contribution in [0.5, 0.6) is 5.75 Å². The molecule has 1 atom stereocenters. The molecule has 0 heterocycles. The number of halogens is 3. The summed E-state index contributed by atoms with van der Waals surface area (Å²) in [5.41, 5.74) is 0.366. The van der Waals surface area contributed by atoms with Gasteiger partial charge in [-0.15, -0.1) is 0 Å². The summed E-state index contributed by atoms with van der Waals surface area (Å²) >= 11 is 0. The van der Waals surface area contributed by atoms with Crippen LogP contribution in [-0.2, 0) is 6.42 Å². The van der Waals surface area contributed by atoms with E-state index in [1.165, 1.54) is 7.11 Å². The largest absolute Gasteiger partial charge is 0.496 e. The van der Waals surface area contributed by atoms with Crippen molar-refractivity contribution in [1.82, 2.24) is 0 Å². The number of alkyl halides is 3. The molecule has 2 rings (SSSR count). The van der Waals surface area contributed by atoms with E-state index in [9.17, 15) is 18.3 Å². The Morgan fingerprint density at radius 2 is 1.84 bits per heavy atom. The van der Waals surface area contributed by atoms with Crippen LogP contribution in [0.25, 0.3) is 10.8 Å². The molecule has 2 aromatic rings. The van der Waals surface area contributed by atoms with E-state index in [1.54, 1.807) is 36.4 Å². The van der Waals surface area contributed by atoms with E-state index in [4.69, 9.17) is 4.74 Å². The van der Waals surface area contributed by atoms with Gasteiger partial charge in [-0.2, -0.15) is 13.2 Å². The molecule has 102 valence electrons. The third-order valence-electron chi connectivity index (χ3n) is 2.99. The van der Waals surface area contributed by atoms with Gasteiger partial charge in [0.25, 0.3) is 0 Å². The Morgan fingerprint density at radius 1 is 1.16 bits per heavy atom. The molecule has 0 spiro atoms. The molecule has 1 unspecified atom stereocenters. The summed E-state index contributed by atoms with van der Waals surface area (Å²) in [6.07, 6.45) is -7.55. The minimum Gasteiger partial charge on any atom is -0.496 e. The van der Waals surface area contributed by atoms with Gasteiger partial charge in [-0.3, -0.25) is 0 Å². The van der Waals surface area contributed by atoms with E-state index in [0.717, 1.165) is 5.39 Å². The van der Waals surface area contributed by atoms with Crippen LogP contribution < -0.4 is 4.74 Å². The second-order valence-electron chi connectivity index (χ2n) is 4.23. The summed E-state index contributed by atoms with van der Waals surface area (Å²) in [6, 6.07) is 10.5. The predicted molar refractivity (Wildman–Crippen MR) is 66.3 cm³/mol. The zero-order valence-corrected chi connectivity index (χ0v) is 10.2. The lowest BCUT2D eigenvalue weighted by molar-refractivity contribution is -0.203. The summed E-state index contributed by atoms with van der Waals surface area (Å²) in [6.45, 7) is 0. The first-order valence-corrected chi connectivity index (χ1v) is 5.73. The van der Waals surface area contributed by atoms with Gasteiger partial charge in [0.05, 0.1) is 7.11 Å². The predicted octanol–water partition coefficient (Wildman–Crippen LogP) is 3.31. The zero-order valence-electron chi connectivity index (χ0n) is 10.2. The normalized spacial score (nSPS) is 13.5. The number of benzene rings is 2. The molecule has 0 saturated heterocycles. The lowest BCUT2D eigenvalue weighted by Crippen LogP contribution is -2.30. The zero-order chi connectivity index (χ0) is 14.0. The molecule has 0 amide bonds. The fourth-order valence-corrected chi connectivity index (χ4v) is 2.03. The van der Waals surface area contributed by atoms with E-state index in [1.807, 2.05) is 0 Å². The molecule has 5 heteroatoms. The lowest BCUT2D eigenvalue weighted by atomic mass is 9.98. The molecule has 0 aliphatic carbocycles. The Bertz CT molecular complexity index is 578. The summed E-state index contributed by atoms with van der Waals surface area (Å²) in [5.74, 6) is 0.349. The van der Waals surface area contributed by atoms with Crippen molar-refractivity contribution < 1.29 is 23.0 Å². The summed E-state index contributed by atoms with van der Waals surface area (Å²) in [7, 11) is 1.40. The molecular weight excluding hydrogens is 257 g/mol. The number of hydrogen-bond donors (Lipinski definition) is 1. The van der Waals surface area contributed by atoms with Crippen LogP contribution in [0.1, 0.15) is 5.56 Å². The summed E-state index contributed by atoms with van der Waals surface area (Å²) in [5, 5.41) is 10.7. The molecule has 19 heavy (non-hydrogen) atoms. The van der Waals surface area contributed by atoms with Gasteiger partial charge in [0.1, 0.15) is 5.75 Å². The summed E-state index contributed by atoms with van der Waals surface area (Å²) < 4.78 is 42.5. The maximum Gasteiger partial charge on any atom is 0.414 e. The average Bonchev–Trinajstić information content (AvgIpc) is 2.38. The fraction of sp³-hybridized carbons (Fsp3) is 0.286. The van der Waals surface area contributed by atoms with Gasteiger partial charge in [-0.05, 0) is 16.8 Å². The Morgan fingerprint density at radius 3 is 2.47 bits per heavy atom. The highest BCUT2D eigenvalue weighted by Crippen LogP contribution is 2.32. The smallest absolute Gasteiger partial charge is 0.414 e. The van der Waals surface area contributed by atoms with Gasteiger partial charge in [0, 0.05) is 12.0 Å². The van der Waals surface area contributed by atoms with Crippen molar-refractivity contribution in [2.24, 2.45) is 0 Å². The Hall–Kier alpha value is -1.75. The van der Waals surface area contributed by atoms with Gasteiger partial charge < -0.3 is 9.84 Å². The highest BCUT2D eigenvalue weighted by molar-refractivity contribution is 5.87. The highest BCUT2D eigenvalue weighted by atomic mass is 19.4. The molecule has 0 aromatic heterocycles. The lowest BCUT2D eigenvalue weighted by Gasteiger charge is -2.18. The van der Waals surface area contributed by atoms with Crippen LogP contribution in [-0.4, -0.2) is 24.5 Å². The molecule has 2 aromatic carbocycles. The molecule has 2 nitrogen and oxygen atoms in total. The van der Waals surface area contributed by atoms with E-state index in [0.29, 0.717) is 16.7 Å². The van der Waals surface area contributed by atoms with Crippen molar-refractivity contribution >= 4 is 10.8 Å². The number of aliphatic hydroxyl groups is 1. The average molecular weight is 270 g/mol. The topological polar surface area (TPSA) is 29.5 Å². The molecule has 0 aliphatic rings. The SMILES string of the molecule is COc1ccc2ccccc2c1CC(O)C(F)(F)F. The minimum absolute atomic E-state index is 0.349. The molecule has 1 N–H and O–H groups in total.